The summed E-state index contributed by atoms with van der Waals surface area (Å²) >= 11 is 0. The van der Waals surface area contributed by atoms with Crippen molar-refractivity contribution in [1.29, 1.82) is 0 Å². The normalized spacial score (nSPS) is 15.8. The van der Waals surface area contributed by atoms with Gasteiger partial charge in [-0.25, -0.2) is 27.3 Å². The molecule has 0 spiro atoms. The summed E-state index contributed by atoms with van der Waals surface area (Å²) in [5, 5.41) is 12.1. The number of nitrogens with one attached hydrogen (secondary N) is 1. The van der Waals surface area contributed by atoms with E-state index >= 15 is 0 Å². The molecule has 3 aromatic rings. The number of carbonyl (C=O) groups is 2. The number of nitrogens with two attached hydrogens (primary N) is 1. The summed E-state index contributed by atoms with van der Waals surface area (Å²) in [5.74, 6) is -1.31. The van der Waals surface area contributed by atoms with E-state index in [1.165, 1.54) is 7.05 Å². The number of rotatable bonds is 8. The van der Waals surface area contributed by atoms with Crippen LogP contribution in [0.25, 0.3) is 11.1 Å². The van der Waals surface area contributed by atoms with Crippen molar-refractivity contribution in [3.05, 3.63) is 81.9 Å². The van der Waals surface area contributed by atoms with Crippen LogP contribution in [0.3, 0.4) is 0 Å². The third-order valence-electron chi connectivity index (χ3n) is 8.60. The topological polar surface area (TPSA) is 161 Å². The Morgan fingerprint density at radius 3 is 2.22 bits per heavy atom. The van der Waals surface area contributed by atoms with Gasteiger partial charge in [-0.2, -0.15) is 0 Å². The quantitative estimate of drug-likeness (QED) is 0.245. The van der Waals surface area contributed by atoms with Gasteiger partial charge in [-0.15, -0.1) is 0 Å². The lowest BCUT2D eigenvalue weighted by atomic mass is 9.94. The number of sulfonamides is 1. The molecular formula is C33H38N4O7S. The minimum atomic E-state index is -4.18. The average molecular weight is 635 g/mol. The molecule has 11 nitrogen and oxygen atoms in total. The van der Waals surface area contributed by atoms with Gasteiger partial charge in [0, 0.05) is 24.9 Å². The molecule has 3 aromatic carbocycles. The number of aliphatic imine (C=N–C) groups is 1. The van der Waals surface area contributed by atoms with Gasteiger partial charge in [0.05, 0.1) is 11.4 Å². The maximum absolute atomic E-state index is 13.8. The fraction of sp³-hybridized carbons (Fsp3) is 0.364. The molecule has 2 aliphatic rings. The molecule has 0 fully saturated rings. The molecule has 12 heteroatoms. The zero-order chi connectivity index (χ0) is 32.8. The first kappa shape index (κ1) is 31.8. The highest BCUT2D eigenvalue weighted by molar-refractivity contribution is 7.89. The highest BCUT2D eigenvalue weighted by Crippen LogP contribution is 2.45. The molecule has 1 amide bonds. The third-order valence-corrected chi connectivity index (χ3v) is 10.6. The molecule has 4 N–H and O–H groups in total. The summed E-state index contributed by atoms with van der Waals surface area (Å²) in [7, 11) is -2.92. The molecule has 0 radical (unpaired) electrons. The molecule has 1 heterocycles. The predicted octanol–water partition coefficient (Wildman–Crippen LogP) is 4.25. The van der Waals surface area contributed by atoms with Crippen LogP contribution in [0.1, 0.15) is 53.1 Å². The van der Waals surface area contributed by atoms with Crippen molar-refractivity contribution >= 4 is 28.0 Å². The number of hydrogen-bond acceptors (Lipinski definition) is 7. The Hall–Kier alpha value is -4.58. The number of carboxylic acids is 1. The van der Waals surface area contributed by atoms with Gasteiger partial charge in [0.1, 0.15) is 24.0 Å². The summed E-state index contributed by atoms with van der Waals surface area (Å²) in [4.78, 5) is 28.8. The number of guanidine groups is 1. The Morgan fingerprint density at radius 2 is 1.64 bits per heavy atom. The van der Waals surface area contributed by atoms with Gasteiger partial charge in [0.2, 0.25) is 5.96 Å². The van der Waals surface area contributed by atoms with Crippen LogP contribution in [-0.4, -0.2) is 67.7 Å². The second kappa shape index (κ2) is 11.7. The first-order chi connectivity index (χ1) is 21.1. The highest BCUT2D eigenvalue weighted by atomic mass is 32.2. The molecule has 0 saturated carbocycles. The maximum atomic E-state index is 13.8. The second-order valence-electron chi connectivity index (χ2n) is 12.1. The molecule has 45 heavy (non-hydrogen) atoms. The lowest BCUT2D eigenvalue weighted by molar-refractivity contribution is -0.139. The van der Waals surface area contributed by atoms with E-state index in [1.54, 1.807) is 13.8 Å². The van der Waals surface area contributed by atoms with Gasteiger partial charge in [0.15, 0.2) is 0 Å². The number of nitrogens with zero attached hydrogens (tertiary/aromatic N) is 2. The molecule has 0 aromatic heterocycles. The van der Waals surface area contributed by atoms with Crippen LogP contribution >= 0.6 is 0 Å². The summed E-state index contributed by atoms with van der Waals surface area (Å²) in [6.07, 6.45) is -0.392. The molecule has 0 bridgehead atoms. The molecular weight excluding hydrogens is 596 g/mol. The Balaban J connectivity index is 1.28. The van der Waals surface area contributed by atoms with Gasteiger partial charge < -0.3 is 25.6 Å². The fourth-order valence-corrected chi connectivity index (χ4v) is 7.77. The average Bonchev–Trinajstić information content (AvgIpc) is 3.50. The SMILES string of the molecule is Cc1c(C)c(S(=O)(=O)N(C)C(N)=NC[C@H](NC(=O)OCC2c3ccccc3-c3ccccc32)C(=O)O)c(C)c2c1OC(C)(C)C2. The number of ether oxygens (including phenoxy) is 2. The lowest BCUT2D eigenvalue weighted by Crippen LogP contribution is -2.45. The minimum Gasteiger partial charge on any atom is -0.487 e. The fourth-order valence-electron chi connectivity index (χ4n) is 6.14. The Bertz CT molecular complexity index is 1790. The highest BCUT2D eigenvalue weighted by Gasteiger charge is 2.38. The van der Waals surface area contributed by atoms with Crippen molar-refractivity contribution in [2.24, 2.45) is 10.7 Å². The van der Waals surface area contributed by atoms with Crippen LogP contribution in [0.4, 0.5) is 4.79 Å². The Morgan fingerprint density at radius 1 is 1.07 bits per heavy atom. The van der Waals surface area contributed by atoms with Crippen LogP contribution < -0.4 is 15.8 Å². The molecule has 5 rings (SSSR count). The summed E-state index contributed by atoms with van der Waals surface area (Å²) in [6, 6.07) is 14.2. The van der Waals surface area contributed by atoms with Gasteiger partial charge in [-0.3, -0.25) is 0 Å². The van der Waals surface area contributed by atoms with Crippen molar-refractivity contribution in [2.45, 2.75) is 63.5 Å². The number of amides is 1. The number of carboxylic acid groups (broad SMARTS) is 1. The van der Waals surface area contributed by atoms with E-state index in [-0.39, 0.29) is 17.4 Å². The summed E-state index contributed by atoms with van der Waals surface area (Å²) < 4.78 is 40.0. The minimum absolute atomic E-state index is 0.000291. The van der Waals surface area contributed by atoms with E-state index in [0.29, 0.717) is 23.3 Å². The standard InChI is InChI=1S/C33H38N4O7S/c1-18-19(2)29(20(3)25-15-33(4,5)44-28(18)25)45(41,42)37(6)31(34)35-16-27(30(38)39)36-32(40)43-17-26-23-13-9-7-11-21(23)22-12-8-10-14-24(22)26/h7-14,26-27H,15-17H2,1-6H3,(H2,34,35)(H,36,40)(H,38,39)/t27-/m0/s1. The molecule has 1 atom stereocenters. The molecule has 0 saturated heterocycles. The zero-order valence-corrected chi connectivity index (χ0v) is 27.0. The zero-order valence-electron chi connectivity index (χ0n) is 26.2. The van der Waals surface area contributed by atoms with E-state index in [2.05, 4.69) is 10.3 Å². The van der Waals surface area contributed by atoms with Crippen LogP contribution in [0.15, 0.2) is 58.4 Å². The van der Waals surface area contributed by atoms with Gasteiger partial charge in [0.25, 0.3) is 10.0 Å². The smallest absolute Gasteiger partial charge is 0.407 e. The van der Waals surface area contributed by atoms with Crippen molar-refractivity contribution < 1.29 is 32.6 Å². The maximum Gasteiger partial charge on any atom is 0.407 e. The third kappa shape index (κ3) is 5.82. The van der Waals surface area contributed by atoms with E-state index < -0.39 is 46.2 Å². The van der Waals surface area contributed by atoms with Crippen LogP contribution in [-0.2, 0) is 26.0 Å². The summed E-state index contributed by atoms with van der Waals surface area (Å²) in [5.41, 5.74) is 12.4. The van der Waals surface area contributed by atoms with Crippen molar-refractivity contribution in [1.82, 2.24) is 9.62 Å². The summed E-state index contributed by atoms with van der Waals surface area (Å²) in [6.45, 7) is 8.64. The second-order valence-corrected chi connectivity index (χ2v) is 14.0. The molecule has 1 aliphatic heterocycles. The van der Waals surface area contributed by atoms with Gasteiger partial charge in [-0.1, -0.05) is 48.5 Å². The lowest BCUT2D eigenvalue weighted by Gasteiger charge is -2.24. The van der Waals surface area contributed by atoms with Gasteiger partial charge in [-0.05, 0) is 73.6 Å². The van der Waals surface area contributed by atoms with E-state index in [9.17, 15) is 23.1 Å². The monoisotopic (exact) mass is 634 g/mol. The number of aliphatic carboxylic acids is 1. The van der Waals surface area contributed by atoms with E-state index in [4.69, 9.17) is 15.2 Å². The predicted molar refractivity (Wildman–Crippen MR) is 170 cm³/mol. The first-order valence-corrected chi connectivity index (χ1v) is 16.0. The van der Waals surface area contributed by atoms with Crippen LogP contribution in [0.2, 0.25) is 0 Å². The van der Waals surface area contributed by atoms with Crippen molar-refractivity contribution in [3.63, 3.8) is 0 Å². The Labute approximate surface area is 263 Å². The van der Waals surface area contributed by atoms with Crippen LogP contribution in [0, 0.1) is 20.8 Å². The van der Waals surface area contributed by atoms with Gasteiger partial charge >= 0.3 is 12.1 Å². The number of hydrogen-bond donors (Lipinski definition) is 3. The molecule has 1 aliphatic carbocycles. The first-order valence-electron chi connectivity index (χ1n) is 14.6. The van der Waals surface area contributed by atoms with E-state index in [0.717, 1.165) is 37.7 Å². The molecule has 238 valence electrons. The Kier molecular flexibility index (Phi) is 8.30. The molecule has 0 unspecified atom stereocenters. The van der Waals surface area contributed by atoms with Crippen molar-refractivity contribution in [2.75, 3.05) is 20.2 Å². The largest absolute Gasteiger partial charge is 0.487 e. The number of fused-ring (bicyclic) bond motifs is 4. The van der Waals surface area contributed by atoms with E-state index in [1.807, 2.05) is 69.3 Å². The van der Waals surface area contributed by atoms with Crippen LogP contribution in [0.5, 0.6) is 5.75 Å². The number of benzene rings is 3. The number of alkyl carbamates (subject to hydrolysis) is 1. The van der Waals surface area contributed by atoms with Crippen molar-refractivity contribution in [3.8, 4) is 16.9 Å². The number of carbonyl (C=O) groups excluding carboxylic acids is 1.